The van der Waals surface area contributed by atoms with Gasteiger partial charge in [-0.05, 0) is 105 Å². The van der Waals surface area contributed by atoms with E-state index < -0.39 is 23.9 Å². The molecule has 4 N–H and O–H groups in total. The van der Waals surface area contributed by atoms with Crippen molar-refractivity contribution < 1.29 is 39.6 Å². The van der Waals surface area contributed by atoms with Gasteiger partial charge in [-0.15, -0.1) is 0 Å². The fourth-order valence-corrected chi connectivity index (χ4v) is 4.94. The van der Waals surface area contributed by atoms with Gasteiger partial charge in [0.05, 0.1) is 22.3 Å². The molecule has 0 heterocycles. The van der Waals surface area contributed by atoms with Crippen molar-refractivity contribution in [1.29, 1.82) is 0 Å². The molecule has 5 aromatic rings. The normalized spacial score (nSPS) is 11.5. The molecule has 5 rings (SSSR count). The van der Waals surface area contributed by atoms with Gasteiger partial charge in [-0.2, -0.15) is 0 Å². The van der Waals surface area contributed by atoms with E-state index in [0.717, 1.165) is 44.5 Å². The molecule has 0 aliphatic rings. The Morgan fingerprint density at radius 2 is 0.480 bits per heavy atom. The van der Waals surface area contributed by atoms with Crippen molar-refractivity contribution >= 4 is 72.5 Å². The van der Waals surface area contributed by atoms with Crippen LogP contribution in [-0.2, 0) is 0 Å². The molecule has 0 saturated carbocycles. The van der Waals surface area contributed by atoms with Crippen LogP contribution in [0.4, 0.5) is 0 Å². The molecular formula is C42H30O8. The molecule has 8 nitrogen and oxygen atoms in total. The molecule has 0 saturated heterocycles. The highest BCUT2D eigenvalue weighted by Gasteiger charge is 2.08. The van der Waals surface area contributed by atoms with Crippen LogP contribution in [0.25, 0.3) is 48.6 Å². The van der Waals surface area contributed by atoms with Crippen molar-refractivity contribution in [2.45, 2.75) is 0 Å². The molecule has 0 amide bonds. The first-order valence-corrected chi connectivity index (χ1v) is 15.3. The molecule has 8 heteroatoms. The fraction of sp³-hybridized carbons (Fsp3) is 0. The topological polar surface area (TPSA) is 149 Å². The van der Waals surface area contributed by atoms with Gasteiger partial charge in [0.15, 0.2) is 0 Å². The molecule has 50 heavy (non-hydrogen) atoms. The Balaban J connectivity index is 1.60. The van der Waals surface area contributed by atoms with E-state index in [1.807, 2.05) is 60.7 Å². The first kappa shape index (κ1) is 34.3. The zero-order chi connectivity index (χ0) is 35.6. The summed E-state index contributed by atoms with van der Waals surface area (Å²) in [5.41, 5.74) is 7.19. The largest absolute Gasteiger partial charge is 0.478 e. The Labute approximate surface area is 287 Å². The molecule has 5 aromatic carbocycles. The van der Waals surface area contributed by atoms with Crippen molar-refractivity contribution in [2.75, 3.05) is 0 Å². The molecule has 0 aliphatic carbocycles. The number of carbonyl (C=O) groups is 4. The summed E-state index contributed by atoms with van der Waals surface area (Å²) in [6.45, 7) is 0. The van der Waals surface area contributed by atoms with Gasteiger partial charge in [-0.25, -0.2) is 19.2 Å². The van der Waals surface area contributed by atoms with E-state index in [2.05, 4.69) is 0 Å². The Bertz CT molecular complexity index is 1860. The predicted molar refractivity (Wildman–Crippen MR) is 196 cm³/mol. The standard InChI is InChI=1S/C42H30O8/c43-39(44)31-13-1-27(2-14-31)9-21-35-25-37(23-11-29-5-17-33(18-6-29)41(47)48)38(24-12-30-7-19-34(20-8-30)42(49)50)26-36(35)22-10-28-3-15-32(16-4-28)40(45)46/h1-26H,(H,43,44)(H,45,46)(H,47,48)(H,49,50). The molecular weight excluding hydrogens is 632 g/mol. The molecule has 0 bridgehead atoms. The number of hydrogen-bond acceptors (Lipinski definition) is 4. The predicted octanol–water partition coefficient (Wildman–Crippen LogP) is 9.16. The van der Waals surface area contributed by atoms with E-state index in [1.165, 1.54) is 48.5 Å². The lowest BCUT2D eigenvalue weighted by atomic mass is 9.95. The SMILES string of the molecule is O=C(O)c1ccc(C=Cc2cc(C=Cc3ccc(C(=O)O)cc3)c(C=Cc3ccc(C(=O)O)cc3)cc2C=Cc2ccc(C(=O)O)cc2)cc1. The van der Waals surface area contributed by atoms with Crippen LogP contribution in [0.5, 0.6) is 0 Å². The van der Waals surface area contributed by atoms with E-state index in [9.17, 15) is 39.6 Å². The minimum atomic E-state index is -1.01. The zero-order valence-electron chi connectivity index (χ0n) is 26.4. The Kier molecular flexibility index (Phi) is 10.8. The van der Waals surface area contributed by atoms with Crippen molar-refractivity contribution in [2.24, 2.45) is 0 Å². The van der Waals surface area contributed by atoms with Gasteiger partial charge in [-0.3, -0.25) is 0 Å². The minimum Gasteiger partial charge on any atom is -0.478 e. The second-order valence-corrected chi connectivity index (χ2v) is 11.2. The second-order valence-electron chi connectivity index (χ2n) is 11.2. The fourth-order valence-electron chi connectivity index (χ4n) is 4.94. The quantitative estimate of drug-likeness (QED) is 0.0967. The first-order valence-electron chi connectivity index (χ1n) is 15.3. The van der Waals surface area contributed by atoms with Gasteiger partial charge >= 0.3 is 23.9 Å². The summed E-state index contributed by atoms with van der Waals surface area (Å²) < 4.78 is 0. The van der Waals surface area contributed by atoms with Crippen LogP contribution in [0.3, 0.4) is 0 Å². The number of carboxylic acid groups (broad SMARTS) is 4. The third-order valence-corrected chi connectivity index (χ3v) is 7.74. The van der Waals surface area contributed by atoms with Crippen molar-refractivity contribution in [3.05, 3.63) is 176 Å². The molecule has 0 atom stereocenters. The van der Waals surface area contributed by atoms with Gasteiger partial charge in [0.2, 0.25) is 0 Å². The lowest BCUT2D eigenvalue weighted by Gasteiger charge is -2.10. The summed E-state index contributed by atoms with van der Waals surface area (Å²) in [4.78, 5) is 45.3. The van der Waals surface area contributed by atoms with Crippen LogP contribution >= 0.6 is 0 Å². The van der Waals surface area contributed by atoms with E-state index >= 15 is 0 Å². The number of hydrogen-bond donors (Lipinski definition) is 4. The average molecular weight is 663 g/mol. The highest BCUT2D eigenvalue weighted by molar-refractivity contribution is 5.91. The van der Waals surface area contributed by atoms with Crippen molar-refractivity contribution in [3.63, 3.8) is 0 Å². The van der Waals surface area contributed by atoms with Gasteiger partial charge in [-0.1, -0.05) is 97.1 Å². The maximum atomic E-state index is 11.3. The summed E-state index contributed by atoms with van der Waals surface area (Å²) in [5.74, 6) is -4.06. The summed E-state index contributed by atoms with van der Waals surface area (Å²) in [5, 5.41) is 37.1. The molecule has 246 valence electrons. The smallest absolute Gasteiger partial charge is 0.335 e. The average Bonchev–Trinajstić information content (AvgIpc) is 3.12. The molecule has 0 aliphatic heterocycles. The first-order chi connectivity index (χ1) is 24.0. The van der Waals surface area contributed by atoms with Gasteiger partial charge in [0.1, 0.15) is 0 Å². The number of carboxylic acids is 4. The van der Waals surface area contributed by atoms with Crippen LogP contribution in [0, 0.1) is 0 Å². The minimum absolute atomic E-state index is 0.178. The molecule has 0 unspecified atom stereocenters. The number of rotatable bonds is 12. The van der Waals surface area contributed by atoms with Gasteiger partial charge < -0.3 is 20.4 Å². The van der Waals surface area contributed by atoms with Gasteiger partial charge in [0, 0.05) is 0 Å². The number of aromatic carboxylic acids is 4. The molecule has 0 spiro atoms. The lowest BCUT2D eigenvalue weighted by Crippen LogP contribution is -1.95. The monoisotopic (exact) mass is 662 g/mol. The van der Waals surface area contributed by atoms with Crippen LogP contribution in [-0.4, -0.2) is 44.3 Å². The third kappa shape index (κ3) is 9.05. The van der Waals surface area contributed by atoms with Crippen molar-refractivity contribution in [3.8, 4) is 0 Å². The van der Waals surface area contributed by atoms with Crippen LogP contribution in [0.15, 0.2) is 109 Å². The summed E-state index contributed by atoms with van der Waals surface area (Å²) >= 11 is 0. The van der Waals surface area contributed by atoms with E-state index in [-0.39, 0.29) is 22.3 Å². The Morgan fingerprint density at radius 3 is 0.640 bits per heavy atom. The maximum Gasteiger partial charge on any atom is 0.335 e. The van der Waals surface area contributed by atoms with Crippen molar-refractivity contribution in [1.82, 2.24) is 0 Å². The zero-order valence-corrected chi connectivity index (χ0v) is 26.4. The summed E-state index contributed by atoms with van der Waals surface area (Å²) in [6, 6.07) is 30.0. The summed E-state index contributed by atoms with van der Waals surface area (Å²) in [6.07, 6.45) is 15.2. The molecule has 0 fully saturated rings. The van der Waals surface area contributed by atoms with Crippen LogP contribution < -0.4 is 0 Å². The Morgan fingerprint density at radius 1 is 0.300 bits per heavy atom. The van der Waals surface area contributed by atoms with E-state index in [4.69, 9.17) is 0 Å². The maximum absolute atomic E-state index is 11.3. The van der Waals surface area contributed by atoms with Crippen LogP contribution in [0.2, 0.25) is 0 Å². The Hall–Kier alpha value is -7.06. The number of benzene rings is 5. The second kappa shape index (κ2) is 15.7. The highest BCUT2D eigenvalue weighted by Crippen LogP contribution is 2.26. The van der Waals surface area contributed by atoms with E-state index in [1.54, 1.807) is 48.5 Å². The van der Waals surface area contributed by atoms with Gasteiger partial charge in [0.25, 0.3) is 0 Å². The lowest BCUT2D eigenvalue weighted by molar-refractivity contribution is 0.0686. The summed E-state index contributed by atoms with van der Waals surface area (Å²) in [7, 11) is 0. The molecule has 0 aromatic heterocycles. The highest BCUT2D eigenvalue weighted by atomic mass is 16.4. The van der Waals surface area contributed by atoms with E-state index in [0.29, 0.717) is 0 Å². The molecule has 0 radical (unpaired) electrons. The third-order valence-electron chi connectivity index (χ3n) is 7.74. The van der Waals surface area contributed by atoms with Crippen LogP contribution in [0.1, 0.15) is 85.9 Å².